The summed E-state index contributed by atoms with van der Waals surface area (Å²) >= 11 is 0. The largest absolute Gasteiger partial charge is 0.461 e. The maximum Gasteiger partial charge on any atom is 0.362 e. The van der Waals surface area contributed by atoms with Crippen molar-refractivity contribution in [3.05, 3.63) is 75.7 Å². The number of esters is 1. The molecular weight excluding hydrogens is 304 g/mol. The number of hydrogen-bond acceptors (Lipinski definition) is 4. The minimum atomic E-state index is -0.687. The zero-order valence-corrected chi connectivity index (χ0v) is 13.7. The van der Waals surface area contributed by atoms with Crippen molar-refractivity contribution in [1.82, 2.24) is 9.55 Å². The first kappa shape index (κ1) is 15.9. The SMILES string of the molecule is CCOC(=O)c1nc2cc(C)ccc2n(Cc2ccccc2)c1=O. The summed E-state index contributed by atoms with van der Waals surface area (Å²) in [6.07, 6.45) is 0. The molecule has 0 N–H and O–H groups in total. The third-order valence-corrected chi connectivity index (χ3v) is 3.75. The fourth-order valence-electron chi connectivity index (χ4n) is 2.61. The van der Waals surface area contributed by atoms with Crippen molar-refractivity contribution in [1.29, 1.82) is 0 Å². The number of benzene rings is 2. The molecule has 24 heavy (non-hydrogen) atoms. The van der Waals surface area contributed by atoms with Crippen LogP contribution in [0.2, 0.25) is 0 Å². The van der Waals surface area contributed by atoms with Crippen molar-refractivity contribution in [3.8, 4) is 0 Å². The third-order valence-electron chi connectivity index (χ3n) is 3.75. The van der Waals surface area contributed by atoms with E-state index < -0.39 is 11.5 Å². The monoisotopic (exact) mass is 322 g/mol. The Kier molecular flexibility index (Phi) is 4.42. The molecule has 0 atom stereocenters. The standard InChI is InChI=1S/C19H18N2O3/c1-3-24-19(23)17-18(22)21(12-14-7-5-4-6-8-14)16-10-9-13(2)11-15(16)20-17/h4-11H,3,12H2,1-2H3. The highest BCUT2D eigenvalue weighted by Gasteiger charge is 2.18. The van der Waals surface area contributed by atoms with E-state index in [4.69, 9.17) is 4.74 Å². The molecular formula is C19H18N2O3. The van der Waals surface area contributed by atoms with Crippen LogP contribution in [0.25, 0.3) is 11.0 Å². The summed E-state index contributed by atoms with van der Waals surface area (Å²) in [5.74, 6) is -0.687. The number of aryl methyl sites for hydroxylation is 1. The van der Waals surface area contributed by atoms with Gasteiger partial charge in [0.15, 0.2) is 0 Å². The van der Waals surface area contributed by atoms with Gasteiger partial charge in [-0.2, -0.15) is 0 Å². The third kappa shape index (κ3) is 3.06. The molecule has 3 rings (SSSR count). The normalized spacial score (nSPS) is 10.8. The predicted octanol–water partition coefficient (Wildman–Crippen LogP) is 2.93. The molecule has 122 valence electrons. The Hall–Kier alpha value is -2.95. The van der Waals surface area contributed by atoms with Crippen molar-refractivity contribution >= 4 is 17.0 Å². The number of carbonyl (C=O) groups is 1. The van der Waals surface area contributed by atoms with Gasteiger partial charge in [0.05, 0.1) is 24.2 Å². The van der Waals surface area contributed by atoms with Crippen LogP contribution in [-0.2, 0) is 11.3 Å². The summed E-state index contributed by atoms with van der Waals surface area (Å²) in [7, 11) is 0. The van der Waals surface area contributed by atoms with Crippen molar-refractivity contribution < 1.29 is 9.53 Å². The van der Waals surface area contributed by atoms with E-state index in [0.717, 1.165) is 11.1 Å². The van der Waals surface area contributed by atoms with E-state index >= 15 is 0 Å². The quantitative estimate of drug-likeness (QED) is 0.693. The van der Waals surface area contributed by atoms with Crippen molar-refractivity contribution in [2.75, 3.05) is 6.61 Å². The van der Waals surface area contributed by atoms with E-state index in [1.165, 1.54) is 0 Å². The first-order valence-corrected chi connectivity index (χ1v) is 7.82. The molecule has 0 spiro atoms. The predicted molar refractivity (Wildman–Crippen MR) is 92.2 cm³/mol. The zero-order valence-electron chi connectivity index (χ0n) is 13.7. The van der Waals surface area contributed by atoms with E-state index in [9.17, 15) is 9.59 Å². The van der Waals surface area contributed by atoms with Gasteiger partial charge in [-0.25, -0.2) is 9.78 Å². The Balaban J connectivity index is 2.22. The zero-order chi connectivity index (χ0) is 17.1. The highest BCUT2D eigenvalue weighted by atomic mass is 16.5. The Morgan fingerprint density at radius 1 is 1.17 bits per heavy atom. The van der Waals surface area contributed by atoms with E-state index in [1.54, 1.807) is 11.5 Å². The maximum atomic E-state index is 12.8. The Morgan fingerprint density at radius 3 is 2.62 bits per heavy atom. The second kappa shape index (κ2) is 6.66. The van der Waals surface area contributed by atoms with Crippen molar-refractivity contribution in [2.45, 2.75) is 20.4 Å². The molecule has 0 amide bonds. The highest BCUT2D eigenvalue weighted by molar-refractivity contribution is 5.89. The summed E-state index contributed by atoms with van der Waals surface area (Å²) in [5.41, 5.74) is 2.67. The molecule has 5 heteroatoms. The Morgan fingerprint density at radius 2 is 1.92 bits per heavy atom. The van der Waals surface area contributed by atoms with Crippen LogP contribution in [-0.4, -0.2) is 22.1 Å². The van der Waals surface area contributed by atoms with E-state index in [0.29, 0.717) is 17.6 Å². The van der Waals surface area contributed by atoms with Crippen LogP contribution in [0.3, 0.4) is 0 Å². The minimum absolute atomic E-state index is 0.175. The van der Waals surface area contributed by atoms with E-state index in [1.807, 2.05) is 55.5 Å². The lowest BCUT2D eigenvalue weighted by atomic mass is 10.2. The number of aromatic nitrogens is 2. The molecule has 1 aromatic heterocycles. The number of fused-ring (bicyclic) bond motifs is 1. The molecule has 0 aliphatic carbocycles. The molecule has 0 aliphatic rings. The van der Waals surface area contributed by atoms with Crippen molar-refractivity contribution in [2.24, 2.45) is 0 Å². The molecule has 0 unspecified atom stereocenters. The topological polar surface area (TPSA) is 61.2 Å². The van der Waals surface area contributed by atoms with Crippen LogP contribution in [0.1, 0.15) is 28.5 Å². The maximum absolute atomic E-state index is 12.8. The summed E-state index contributed by atoms with van der Waals surface area (Å²) < 4.78 is 6.55. The lowest BCUT2D eigenvalue weighted by molar-refractivity contribution is 0.0517. The van der Waals surface area contributed by atoms with Gasteiger partial charge in [-0.05, 0) is 37.1 Å². The molecule has 0 aliphatic heterocycles. The second-order valence-electron chi connectivity index (χ2n) is 5.55. The smallest absolute Gasteiger partial charge is 0.362 e. The van der Waals surface area contributed by atoms with Gasteiger partial charge in [-0.1, -0.05) is 36.4 Å². The number of hydrogen-bond donors (Lipinski definition) is 0. The Labute approximate surface area is 139 Å². The number of ether oxygens (including phenoxy) is 1. The van der Waals surface area contributed by atoms with Crippen LogP contribution in [0.15, 0.2) is 53.3 Å². The summed E-state index contributed by atoms with van der Waals surface area (Å²) in [6, 6.07) is 15.3. The van der Waals surface area contributed by atoms with Gasteiger partial charge in [0, 0.05) is 0 Å². The minimum Gasteiger partial charge on any atom is -0.461 e. The molecule has 2 aromatic carbocycles. The molecule has 1 heterocycles. The van der Waals surface area contributed by atoms with Gasteiger partial charge in [0.25, 0.3) is 5.56 Å². The van der Waals surface area contributed by atoms with Gasteiger partial charge in [-0.15, -0.1) is 0 Å². The van der Waals surface area contributed by atoms with Gasteiger partial charge in [0.2, 0.25) is 5.69 Å². The highest BCUT2D eigenvalue weighted by Crippen LogP contribution is 2.15. The van der Waals surface area contributed by atoms with Crippen LogP contribution >= 0.6 is 0 Å². The van der Waals surface area contributed by atoms with Gasteiger partial charge < -0.3 is 9.30 Å². The number of carbonyl (C=O) groups excluding carboxylic acids is 1. The van der Waals surface area contributed by atoms with Crippen LogP contribution < -0.4 is 5.56 Å². The molecule has 5 nitrogen and oxygen atoms in total. The van der Waals surface area contributed by atoms with Crippen molar-refractivity contribution in [3.63, 3.8) is 0 Å². The first-order valence-electron chi connectivity index (χ1n) is 7.82. The Bertz CT molecular complexity index is 946. The average Bonchev–Trinajstić information content (AvgIpc) is 2.58. The van der Waals surface area contributed by atoms with E-state index in [2.05, 4.69) is 4.98 Å². The lowest BCUT2D eigenvalue weighted by Gasteiger charge is -2.12. The molecule has 0 bridgehead atoms. The van der Waals surface area contributed by atoms with Gasteiger partial charge >= 0.3 is 5.97 Å². The van der Waals surface area contributed by atoms with E-state index in [-0.39, 0.29) is 12.3 Å². The fourth-order valence-corrected chi connectivity index (χ4v) is 2.61. The summed E-state index contributed by atoms with van der Waals surface area (Å²) in [4.78, 5) is 29.1. The van der Waals surface area contributed by atoms with Gasteiger partial charge in [-0.3, -0.25) is 4.79 Å². The lowest BCUT2D eigenvalue weighted by Crippen LogP contribution is -2.30. The molecule has 3 aromatic rings. The van der Waals surface area contributed by atoms with Crippen LogP contribution in [0.4, 0.5) is 0 Å². The van der Waals surface area contributed by atoms with Crippen LogP contribution in [0.5, 0.6) is 0 Å². The fraction of sp³-hybridized carbons (Fsp3) is 0.211. The molecule has 0 saturated heterocycles. The van der Waals surface area contributed by atoms with Crippen LogP contribution in [0, 0.1) is 6.92 Å². The molecule has 0 fully saturated rings. The second-order valence-corrected chi connectivity index (χ2v) is 5.55. The average molecular weight is 322 g/mol. The summed E-state index contributed by atoms with van der Waals surface area (Å²) in [6.45, 7) is 4.21. The summed E-state index contributed by atoms with van der Waals surface area (Å²) in [5, 5.41) is 0. The first-order chi connectivity index (χ1) is 11.6. The van der Waals surface area contributed by atoms with Gasteiger partial charge in [0.1, 0.15) is 0 Å². The number of nitrogens with zero attached hydrogens (tertiary/aromatic N) is 2. The molecule has 0 saturated carbocycles. The molecule has 0 radical (unpaired) electrons. The number of rotatable bonds is 4.